The van der Waals surface area contributed by atoms with Crippen LogP contribution in [0.25, 0.3) is 0 Å². The highest BCUT2D eigenvalue weighted by molar-refractivity contribution is 7.89. The van der Waals surface area contributed by atoms with Crippen LogP contribution < -0.4 is 10.0 Å². The second kappa shape index (κ2) is 6.62. The Bertz CT molecular complexity index is 603. The standard InChI is InChI=1S/C12H16N2O2S3/c1-13-9-11-12(5-8-18-11)19(15,16)14-6-4-10-3-2-7-17-10/h2-3,5,7-8,13-14H,4,6,9H2,1H3. The van der Waals surface area contributed by atoms with E-state index in [2.05, 4.69) is 10.0 Å². The molecule has 0 radical (unpaired) electrons. The lowest BCUT2D eigenvalue weighted by Crippen LogP contribution is -2.26. The average Bonchev–Trinajstić information content (AvgIpc) is 3.00. The lowest BCUT2D eigenvalue weighted by molar-refractivity contribution is 0.580. The predicted molar refractivity (Wildman–Crippen MR) is 80.3 cm³/mol. The van der Waals surface area contributed by atoms with E-state index < -0.39 is 10.0 Å². The highest BCUT2D eigenvalue weighted by Gasteiger charge is 2.18. The minimum atomic E-state index is -3.40. The Morgan fingerprint density at radius 1 is 1.21 bits per heavy atom. The predicted octanol–water partition coefficient (Wildman–Crippen LogP) is 2.05. The third kappa shape index (κ3) is 3.87. The van der Waals surface area contributed by atoms with Gasteiger partial charge in [-0.05, 0) is 36.4 Å². The van der Waals surface area contributed by atoms with Gasteiger partial charge >= 0.3 is 0 Å². The molecule has 2 rings (SSSR count). The van der Waals surface area contributed by atoms with Crippen LogP contribution in [0, 0.1) is 0 Å². The van der Waals surface area contributed by atoms with E-state index >= 15 is 0 Å². The van der Waals surface area contributed by atoms with Crippen molar-refractivity contribution in [3.63, 3.8) is 0 Å². The molecule has 7 heteroatoms. The molecule has 0 bridgehead atoms. The van der Waals surface area contributed by atoms with Crippen molar-refractivity contribution in [3.8, 4) is 0 Å². The van der Waals surface area contributed by atoms with Gasteiger partial charge < -0.3 is 5.32 Å². The fourth-order valence-corrected chi connectivity index (χ4v) is 4.89. The first kappa shape index (κ1) is 14.7. The summed E-state index contributed by atoms with van der Waals surface area (Å²) in [6.07, 6.45) is 0.725. The van der Waals surface area contributed by atoms with Gasteiger partial charge in [-0.25, -0.2) is 13.1 Å². The maximum atomic E-state index is 12.2. The maximum absolute atomic E-state index is 12.2. The first-order chi connectivity index (χ1) is 9.13. The summed E-state index contributed by atoms with van der Waals surface area (Å²) in [4.78, 5) is 2.41. The Morgan fingerprint density at radius 3 is 2.74 bits per heavy atom. The number of thiophene rings is 2. The Hall–Kier alpha value is -0.730. The summed E-state index contributed by atoms with van der Waals surface area (Å²) in [6.45, 7) is 0.997. The molecule has 0 atom stereocenters. The molecule has 0 aliphatic rings. The number of nitrogens with one attached hydrogen (secondary N) is 2. The maximum Gasteiger partial charge on any atom is 0.241 e. The zero-order valence-corrected chi connectivity index (χ0v) is 13.0. The van der Waals surface area contributed by atoms with Gasteiger partial charge in [0.2, 0.25) is 10.0 Å². The van der Waals surface area contributed by atoms with E-state index in [1.54, 1.807) is 29.8 Å². The highest BCUT2D eigenvalue weighted by Crippen LogP contribution is 2.21. The van der Waals surface area contributed by atoms with Crippen LogP contribution in [0.2, 0.25) is 0 Å². The molecule has 2 aromatic heterocycles. The molecule has 0 fully saturated rings. The van der Waals surface area contributed by atoms with Crippen LogP contribution in [0.5, 0.6) is 0 Å². The molecule has 2 aromatic rings. The molecular weight excluding hydrogens is 300 g/mol. The van der Waals surface area contributed by atoms with Crippen LogP contribution >= 0.6 is 22.7 Å². The molecule has 104 valence electrons. The molecule has 0 saturated heterocycles. The average molecular weight is 316 g/mol. The Kier molecular flexibility index (Phi) is 5.12. The smallest absolute Gasteiger partial charge is 0.241 e. The van der Waals surface area contributed by atoms with Crippen molar-refractivity contribution in [2.75, 3.05) is 13.6 Å². The molecule has 2 heterocycles. The second-order valence-corrected chi connectivity index (χ2v) is 7.73. The number of sulfonamides is 1. The third-order valence-corrected chi connectivity index (χ3v) is 6.11. The molecule has 0 spiro atoms. The lowest BCUT2D eigenvalue weighted by Gasteiger charge is -2.07. The van der Waals surface area contributed by atoms with Gasteiger partial charge in [0.15, 0.2) is 0 Å². The fraction of sp³-hybridized carbons (Fsp3) is 0.333. The Labute approximate surface area is 121 Å². The molecule has 0 unspecified atom stereocenters. The molecule has 2 N–H and O–H groups in total. The van der Waals surface area contributed by atoms with Crippen LogP contribution in [-0.4, -0.2) is 22.0 Å². The minimum Gasteiger partial charge on any atom is -0.315 e. The van der Waals surface area contributed by atoms with Crippen molar-refractivity contribution >= 4 is 32.7 Å². The van der Waals surface area contributed by atoms with E-state index in [0.29, 0.717) is 18.0 Å². The van der Waals surface area contributed by atoms with Gasteiger partial charge in [-0.1, -0.05) is 6.07 Å². The van der Waals surface area contributed by atoms with Crippen molar-refractivity contribution in [1.82, 2.24) is 10.0 Å². The third-order valence-electron chi connectivity index (χ3n) is 2.57. The molecule has 0 amide bonds. The van der Waals surface area contributed by atoms with Crippen molar-refractivity contribution in [2.24, 2.45) is 0 Å². The monoisotopic (exact) mass is 316 g/mol. The fourth-order valence-electron chi connectivity index (χ4n) is 1.70. The zero-order valence-electron chi connectivity index (χ0n) is 10.5. The van der Waals surface area contributed by atoms with Gasteiger partial charge in [-0.3, -0.25) is 0 Å². The van der Waals surface area contributed by atoms with Crippen molar-refractivity contribution < 1.29 is 8.42 Å². The quantitative estimate of drug-likeness (QED) is 0.822. The van der Waals surface area contributed by atoms with E-state index in [1.807, 2.05) is 17.5 Å². The molecule has 19 heavy (non-hydrogen) atoms. The number of hydrogen-bond acceptors (Lipinski definition) is 5. The number of rotatable bonds is 7. The van der Waals surface area contributed by atoms with Gasteiger partial charge in [0.25, 0.3) is 0 Å². The van der Waals surface area contributed by atoms with Crippen molar-refractivity contribution in [1.29, 1.82) is 0 Å². The van der Waals surface area contributed by atoms with E-state index in [9.17, 15) is 8.42 Å². The van der Waals surface area contributed by atoms with Crippen LogP contribution in [0.15, 0.2) is 33.9 Å². The van der Waals surface area contributed by atoms with E-state index in [0.717, 1.165) is 11.3 Å². The molecular formula is C12H16N2O2S3. The summed E-state index contributed by atoms with van der Waals surface area (Å²) in [5, 5.41) is 6.78. The molecule has 0 aliphatic heterocycles. The van der Waals surface area contributed by atoms with E-state index in [-0.39, 0.29) is 0 Å². The SMILES string of the molecule is CNCc1sccc1S(=O)(=O)NCCc1cccs1. The van der Waals surface area contributed by atoms with Crippen LogP contribution in [-0.2, 0) is 23.0 Å². The largest absolute Gasteiger partial charge is 0.315 e. The summed E-state index contributed by atoms with van der Waals surface area (Å²) in [7, 11) is -1.59. The molecule has 4 nitrogen and oxygen atoms in total. The zero-order chi connectivity index (χ0) is 13.7. The van der Waals surface area contributed by atoms with Crippen LogP contribution in [0.3, 0.4) is 0 Å². The Balaban J connectivity index is 1.99. The van der Waals surface area contributed by atoms with Crippen LogP contribution in [0.4, 0.5) is 0 Å². The van der Waals surface area contributed by atoms with Crippen LogP contribution in [0.1, 0.15) is 9.75 Å². The van der Waals surface area contributed by atoms with Gasteiger partial charge in [0.1, 0.15) is 0 Å². The summed E-state index contributed by atoms with van der Waals surface area (Å²) in [6, 6.07) is 5.64. The lowest BCUT2D eigenvalue weighted by atomic mass is 10.3. The topological polar surface area (TPSA) is 58.2 Å². The highest BCUT2D eigenvalue weighted by atomic mass is 32.2. The minimum absolute atomic E-state index is 0.387. The summed E-state index contributed by atoms with van der Waals surface area (Å²) >= 11 is 3.09. The van der Waals surface area contributed by atoms with Crippen molar-refractivity contribution in [3.05, 3.63) is 38.7 Å². The summed E-state index contributed by atoms with van der Waals surface area (Å²) < 4.78 is 27.0. The number of hydrogen-bond donors (Lipinski definition) is 2. The second-order valence-electron chi connectivity index (χ2n) is 3.97. The van der Waals surface area contributed by atoms with Gasteiger partial charge in [-0.15, -0.1) is 22.7 Å². The van der Waals surface area contributed by atoms with E-state index in [4.69, 9.17) is 0 Å². The first-order valence-corrected chi connectivity index (χ1v) is 9.11. The molecule has 0 saturated carbocycles. The van der Waals surface area contributed by atoms with Gasteiger partial charge in [0, 0.05) is 22.8 Å². The Morgan fingerprint density at radius 2 is 2.05 bits per heavy atom. The summed E-state index contributed by atoms with van der Waals surface area (Å²) in [5.74, 6) is 0. The van der Waals surface area contributed by atoms with Gasteiger partial charge in [0.05, 0.1) is 4.90 Å². The normalized spacial score (nSPS) is 11.8. The summed E-state index contributed by atoms with van der Waals surface area (Å²) in [5.41, 5.74) is 0. The van der Waals surface area contributed by atoms with Gasteiger partial charge in [-0.2, -0.15) is 0 Å². The molecule has 0 aromatic carbocycles. The van der Waals surface area contributed by atoms with E-state index in [1.165, 1.54) is 16.2 Å². The molecule has 0 aliphatic carbocycles. The first-order valence-electron chi connectivity index (χ1n) is 5.86. The van der Waals surface area contributed by atoms with Crippen molar-refractivity contribution in [2.45, 2.75) is 17.9 Å².